The average Bonchev–Trinajstić information content (AvgIpc) is 2.72. The van der Waals surface area contributed by atoms with Crippen LogP contribution in [0.2, 0.25) is 0 Å². The minimum atomic E-state index is -0.304. The Labute approximate surface area is 157 Å². The van der Waals surface area contributed by atoms with E-state index in [1.54, 1.807) is 36.8 Å². The molecule has 0 saturated heterocycles. The van der Waals surface area contributed by atoms with Crippen LogP contribution in [0.5, 0.6) is 11.6 Å². The van der Waals surface area contributed by atoms with E-state index in [0.29, 0.717) is 31.3 Å². The molecule has 3 aromatic rings. The Morgan fingerprint density at radius 2 is 1.78 bits per heavy atom. The summed E-state index contributed by atoms with van der Waals surface area (Å²) in [4.78, 5) is 20.0. The number of pyridine rings is 2. The summed E-state index contributed by atoms with van der Waals surface area (Å²) in [5.41, 5.74) is 1.50. The van der Waals surface area contributed by atoms with Crippen molar-refractivity contribution in [1.29, 1.82) is 0 Å². The Kier molecular flexibility index (Phi) is 6.58. The average molecular weight is 364 g/mol. The number of nitrogens with one attached hydrogen (secondary N) is 2. The molecule has 2 heterocycles. The summed E-state index contributed by atoms with van der Waals surface area (Å²) in [6, 6.07) is 16.4. The van der Waals surface area contributed by atoms with Crippen molar-refractivity contribution in [3.63, 3.8) is 0 Å². The quantitative estimate of drug-likeness (QED) is 0.599. The van der Waals surface area contributed by atoms with Gasteiger partial charge in [0, 0.05) is 25.0 Å². The van der Waals surface area contributed by atoms with Crippen molar-refractivity contribution in [1.82, 2.24) is 15.3 Å². The summed E-state index contributed by atoms with van der Waals surface area (Å²) < 4.78 is 11.1. The first-order valence-electron chi connectivity index (χ1n) is 8.50. The molecule has 0 saturated carbocycles. The molecule has 0 fully saturated rings. The number of hydrogen-bond acceptors (Lipinski definition) is 5. The molecular formula is C20H20N4O3. The first-order chi connectivity index (χ1) is 13.3. The Balaban J connectivity index is 1.36. The Morgan fingerprint density at radius 3 is 2.52 bits per heavy atom. The van der Waals surface area contributed by atoms with Crippen LogP contribution >= 0.6 is 0 Å². The maximum atomic E-state index is 11.8. The number of nitrogens with zero attached hydrogens (tertiary/aromatic N) is 2. The van der Waals surface area contributed by atoms with Gasteiger partial charge in [-0.05, 0) is 29.8 Å². The van der Waals surface area contributed by atoms with Crippen molar-refractivity contribution in [2.45, 2.75) is 6.54 Å². The molecule has 0 spiro atoms. The topological polar surface area (TPSA) is 85.4 Å². The summed E-state index contributed by atoms with van der Waals surface area (Å²) in [7, 11) is 0. The summed E-state index contributed by atoms with van der Waals surface area (Å²) in [5, 5.41) is 5.46. The molecule has 0 aliphatic rings. The van der Waals surface area contributed by atoms with Crippen LogP contribution in [0.1, 0.15) is 5.56 Å². The van der Waals surface area contributed by atoms with E-state index in [4.69, 9.17) is 9.47 Å². The van der Waals surface area contributed by atoms with Crippen LogP contribution in [-0.4, -0.2) is 29.2 Å². The normalized spacial score (nSPS) is 10.1. The number of ether oxygens (including phenoxy) is 2. The fraction of sp³-hybridized carbons (Fsp3) is 0.150. The lowest BCUT2D eigenvalue weighted by atomic mass is 10.3. The van der Waals surface area contributed by atoms with Crippen LogP contribution in [0.25, 0.3) is 0 Å². The van der Waals surface area contributed by atoms with E-state index >= 15 is 0 Å². The van der Waals surface area contributed by atoms with Crippen molar-refractivity contribution >= 4 is 11.7 Å². The standard InChI is InChI=1S/C20H20N4O3/c25-20(24-17-5-4-10-21-15-17)23-14-16-8-9-19(22-13-16)27-12-11-26-18-6-2-1-3-7-18/h1-10,13,15H,11-12,14H2,(H2,23,24,25). The Morgan fingerprint density at radius 1 is 0.926 bits per heavy atom. The fourth-order valence-electron chi connectivity index (χ4n) is 2.22. The first kappa shape index (κ1) is 18.2. The maximum absolute atomic E-state index is 11.8. The van der Waals surface area contributed by atoms with E-state index in [2.05, 4.69) is 20.6 Å². The second kappa shape index (κ2) is 9.76. The minimum Gasteiger partial charge on any atom is -0.490 e. The van der Waals surface area contributed by atoms with Crippen molar-refractivity contribution in [2.24, 2.45) is 0 Å². The number of carbonyl (C=O) groups is 1. The highest BCUT2D eigenvalue weighted by atomic mass is 16.5. The molecule has 7 heteroatoms. The number of urea groups is 1. The smallest absolute Gasteiger partial charge is 0.319 e. The number of carbonyl (C=O) groups excluding carboxylic acids is 1. The molecule has 7 nitrogen and oxygen atoms in total. The van der Waals surface area contributed by atoms with Gasteiger partial charge in [0.1, 0.15) is 19.0 Å². The van der Waals surface area contributed by atoms with Crippen LogP contribution in [0.15, 0.2) is 73.2 Å². The molecule has 3 rings (SSSR count). The van der Waals surface area contributed by atoms with Crippen molar-refractivity contribution < 1.29 is 14.3 Å². The molecule has 0 aliphatic carbocycles. The number of rotatable bonds is 8. The van der Waals surface area contributed by atoms with Gasteiger partial charge in [-0.25, -0.2) is 9.78 Å². The zero-order valence-corrected chi connectivity index (χ0v) is 14.7. The van der Waals surface area contributed by atoms with E-state index in [1.807, 2.05) is 36.4 Å². The number of anilines is 1. The van der Waals surface area contributed by atoms with E-state index < -0.39 is 0 Å². The molecule has 2 amide bonds. The molecule has 1 aromatic carbocycles. The molecule has 2 aromatic heterocycles. The van der Waals surface area contributed by atoms with Crippen LogP contribution in [-0.2, 0) is 6.54 Å². The third kappa shape index (κ3) is 6.32. The number of aromatic nitrogens is 2. The summed E-state index contributed by atoms with van der Waals surface area (Å²) >= 11 is 0. The SMILES string of the molecule is O=C(NCc1ccc(OCCOc2ccccc2)nc1)Nc1cccnc1. The lowest BCUT2D eigenvalue weighted by molar-refractivity contribution is 0.212. The molecule has 2 N–H and O–H groups in total. The molecule has 0 bridgehead atoms. The van der Waals surface area contributed by atoms with E-state index in [9.17, 15) is 4.79 Å². The van der Waals surface area contributed by atoms with Gasteiger partial charge >= 0.3 is 6.03 Å². The van der Waals surface area contributed by atoms with Gasteiger partial charge in [0.25, 0.3) is 0 Å². The van der Waals surface area contributed by atoms with Gasteiger partial charge in [0.05, 0.1) is 11.9 Å². The van der Waals surface area contributed by atoms with Gasteiger partial charge in [-0.2, -0.15) is 0 Å². The highest BCUT2D eigenvalue weighted by molar-refractivity contribution is 5.88. The van der Waals surface area contributed by atoms with Crippen molar-refractivity contribution in [3.05, 3.63) is 78.8 Å². The number of hydrogen-bond donors (Lipinski definition) is 2. The van der Waals surface area contributed by atoms with Gasteiger partial charge in [-0.1, -0.05) is 24.3 Å². The fourth-order valence-corrected chi connectivity index (χ4v) is 2.22. The zero-order valence-electron chi connectivity index (χ0n) is 14.7. The zero-order chi connectivity index (χ0) is 18.7. The highest BCUT2D eigenvalue weighted by Crippen LogP contribution is 2.10. The predicted molar refractivity (Wildman–Crippen MR) is 102 cm³/mol. The first-order valence-corrected chi connectivity index (χ1v) is 8.50. The van der Waals surface area contributed by atoms with Gasteiger partial charge in [0.2, 0.25) is 5.88 Å². The van der Waals surface area contributed by atoms with Crippen LogP contribution in [0, 0.1) is 0 Å². The summed E-state index contributed by atoms with van der Waals surface area (Å²) in [6.07, 6.45) is 4.89. The van der Waals surface area contributed by atoms with Crippen molar-refractivity contribution in [3.8, 4) is 11.6 Å². The Bertz CT molecular complexity index is 827. The lowest BCUT2D eigenvalue weighted by Gasteiger charge is -2.09. The van der Waals surface area contributed by atoms with E-state index in [0.717, 1.165) is 11.3 Å². The van der Waals surface area contributed by atoms with E-state index in [1.165, 1.54) is 0 Å². The molecule has 0 aliphatic heterocycles. The third-order valence-corrected chi connectivity index (χ3v) is 3.52. The lowest BCUT2D eigenvalue weighted by Crippen LogP contribution is -2.28. The van der Waals surface area contributed by atoms with Gasteiger partial charge in [0.15, 0.2) is 0 Å². The number of benzene rings is 1. The van der Waals surface area contributed by atoms with Crippen LogP contribution in [0.3, 0.4) is 0 Å². The number of amides is 2. The molecule has 0 atom stereocenters. The third-order valence-electron chi connectivity index (χ3n) is 3.52. The van der Waals surface area contributed by atoms with Gasteiger partial charge in [-0.15, -0.1) is 0 Å². The van der Waals surface area contributed by atoms with Crippen LogP contribution in [0.4, 0.5) is 10.5 Å². The van der Waals surface area contributed by atoms with Gasteiger partial charge < -0.3 is 20.1 Å². The summed E-state index contributed by atoms with van der Waals surface area (Å²) in [5.74, 6) is 1.32. The van der Waals surface area contributed by atoms with Crippen LogP contribution < -0.4 is 20.1 Å². The second-order valence-corrected chi connectivity index (χ2v) is 5.56. The van der Waals surface area contributed by atoms with E-state index in [-0.39, 0.29) is 6.03 Å². The molecule has 27 heavy (non-hydrogen) atoms. The minimum absolute atomic E-state index is 0.304. The largest absolute Gasteiger partial charge is 0.490 e. The highest BCUT2D eigenvalue weighted by Gasteiger charge is 2.03. The predicted octanol–water partition coefficient (Wildman–Crippen LogP) is 3.26. The second-order valence-electron chi connectivity index (χ2n) is 5.56. The van der Waals surface area contributed by atoms with Crippen molar-refractivity contribution in [2.75, 3.05) is 18.5 Å². The molecule has 0 radical (unpaired) electrons. The molecular weight excluding hydrogens is 344 g/mol. The number of para-hydroxylation sites is 1. The molecule has 138 valence electrons. The summed E-state index contributed by atoms with van der Waals surface area (Å²) in [6.45, 7) is 1.19. The monoisotopic (exact) mass is 364 g/mol. The molecule has 0 unspecified atom stereocenters. The Hall–Kier alpha value is -3.61. The maximum Gasteiger partial charge on any atom is 0.319 e. The van der Waals surface area contributed by atoms with Gasteiger partial charge in [-0.3, -0.25) is 4.98 Å².